The van der Waals surface area contributed by atoms with Crippen LogP contribution in [0.1, 0.15) is 53.9 Å². The number of esters is 1. The van der Waals surface area contributed by atoms with Crippen LogP contribution in [0, 0.1) is 22.7 Å². The topological polar surface area (TPSA) is 61.8 Å². The van der Waals surface area contributed by atoms with Gasteiger partial charge in [-0.15, -0.1) is 0 Å². The van der Waals surface area contributed by atoms with E-state index in [0.717, 1.165) is 19.3 Å². The van der Waals surface area contributed by atoms with Crippen LogP contribution in [0.5, 0.6) is 0 Å². The average Bonchev–Trinajstić information content (AvgIpc) is 2.72. The van der Waals surface area contributed by atoms with Crippen molar-refractivity contribution >= 4 is 11.8 Å². The maximum absolute atomic E-state index is 13.1. The fourth-order valence-corrected chi connectivity index (χ4v) is 5.52. The Balaban J connectivity index is 2.12. The molecule has 0 aromatic carbocycles. The Labute approximate surface area is 138 Å². The highest BCUT2D eigenvalue weighted by atomic mass is 16.8. The minimum absolute atomic E-state index is 0.0212. The number of ketones is 1. The summed E-state index contributed by atoms with van der Waals surface area (Å²) in [5, 5.41) is 0. The molecule has 1 heterocycles. The smallest absolute Gasteiger partial charge is 0.316 e. The molecule has 5 heteroatoms. The number of ether oxygens (including phenoxy) is 3. The fourth-order valence-electron chi connectivity index (χ4n) is 5.52. The maximum atomic E-state index is 13.1. The van der Waals surface area contributed by atoms with Gasteiger partial charge in [-0.2, -0.15) is 0 Å². The second-order valence-electron chi connectivity index (χ2n) is 8.70. The van der Waals surface area contributed by atoms with Crippen molar-refractivity contribution in [2.24, 2.45) is 22.7 Å². The first-order valence-electron chi connectivity index (χ1n) is 8.51. The van der Waals surface area contributed by atoms with Gasteiger partial charge < -0.3 is 14.2 Å². The molecular formula is C18H28O5. The molecule has 1 saturated heterocycles. The molecule has 0 unspecified atom stereocenters. The van der Waals surface area contributed by atoms with Crippen LogP contribution in [0.3, 0.4) is 0 Å². The van der Waals surface area contributed by atoms with Crippen molar-refractivity contribution < 1.29 is 23.8 Å². The van der Waals surface area contributed by atoms with Gasteiger partial charge >= 0.3 is 5.97 Å². The first-order valence-corrected chi connectivity index (χ1v) is 8.51. The van der Waals surface area contributed by atoms with E-state index in [1.165, 1.54) is 7.11 Å². The number of Topliss-reactive ketones (excluding diaryl/α,β-unsaturated/α-hetero) is 1. The quantitative estimate of drug-likeness (QED) is 0.548. The minimum atomic E-state index is -0.801. The van der Waals surface area contributed by atoms with E-state index in [1.807, 2.05) is 13.8 Å². The molecule has 2 saturated carbocycles. The molecular weight excluding hydrogens is 296 g/mol. The summed E-state index contributed by atoms with van der Waals surface area (Å²) in [5.74, 6) is -2.10. The van der Waals surface area contributed by atoms with Gasteiger partial charge in [0.1, 0.15) is 12.0 Å². The predicted octanol–water partition coefficient (Wildman–Crippen LogP) is 2.71. The van der Waals surface area contributed by atoms with Crippen molar-refractivity contribution in [2.75, 3.05) is 7.11 Å². The molecule has 0 amide bonds. The van der Waals surface area contributed by atoms with Gasteiger partial charge in [-0.3, -0.25) is 9.59 Å². The summed E-state index contributed by atoms with van der Waals surface area (Å²) >= 11 is 0. The zero-order chi connectivity index (χ0) is 17.2. The molecule has 2 aliphatic carbocycles. The number of methoxy groups -OCH3 is 1. The molecule has 1 aliphatic heterocycles. The molecule has 130 valence electrons. The molecule has 0 aromatic rings. The van der Waals surface area contributed by atoms with Crippen molar-refractivity contribution in [3.8, 4) is 0 Å². The van der Waals surface area contributed by atoms with Crippen LogP contribution < -0.4 is 0 Å². The van der Waals surface area contributed by atoms with Crippen molar-refractivity contribution in [3.05, 3.63) is 0 Å². The third-order valence-corrected chi connectivity index (χ3v) is 6.21. The molecule has 0 radical (unpaired) electrons. The predicted molar refractivity (Wildman–Crippen MR) is 83.6 cm³/mol. The minimum Gasteiger partial charge on any atom is -0.468 e. The van der Waals surface area contributed by atoms with Crippen molar-refractivity contribution in [3.63, 3.8) is 0 Å². The van der Waals surface area contributed by atoms with Crippen LogP contribution >= 0.6 is 0 Å². The van der Waals surface area contributed by atoms with E-state index in [9.17, 15) is 9.59 Å². The lowest BCUT2D eigenvalue weighted by Crippen LogP contribution is -2.64. The van der Waals surface area contributed by atoms with Gasteiger partial charge in [0.25, 0.3) is 0 Å². The number of carbonyl (C=O) groups excluding carboxylic acids is 2. The van der Waals surface area contributed by atoms with Gasteiger partial charge in [-0.25, -0.2) is 0 Å². The Bertz CT molecular complexity index is 538. The van der Waals surface area contributed by atoms with Crippen LogP contribution in [0.25, 0.3) is 0 Å². The summed E-state index contributed by atoms with van der Waals surface area (Å²) < 4.78 is 17.0. The molecule has 0 spiro atoms. The highest BCUT2D eigenvalue weighted by molar-refractivity contribution is 6.03. The van der Waals surface area contributed by atoms with Gasteiger partial charge in [0, 0.05) is 0 Å². The number of carbonyl (C=O) groups is 2. The lowest BCUT2D eigenvalue weighted by Gasteiger charge is -2.58. The zero-order valence-electron chi connectivity index (χ0n) is 15.0. The summed E-state index contributed by atoms with van der Waals surface area (Å²) in [5.41, 5.74) is -0.469. The van der Waals surface area contributed by atoms with E-state index >= 15 is 0 Å². The normalized spacial score (nSPS) is 44.3. The second-order valence-corrected chi connectivity index (χ2v) is 8.70. The largest absolute Gasteiger partial charge is 0.468 e. The van der Waals surface area contributed by atoms with Crippen molar-refractivity contribution in [1.29, 1.82) is 0 Å². The van der Waals surface area contributed by atoms with Crippen LogP contribution in [-0.2, 0) is 23.8 Å². The van der Waals surface area contributed by atoms with Gasteiger partial charge in [0.15, 0.2) is 11.6 Å². The molecule has 3 fully saturated rings. The Kier molecular flexibility index (Phi) is 3.69. The van der Waals surface area contributed by atoms with Gasteiger partial charge in [-0.1, -0.05) is 27.2 Å². The van der Waals surface area contributed by atoms with Gasteiger partial charge in [0.05, 0.1) is 13.2 Å². The molecule has 0 N–H and O–H groups in total. The maximum Gasteiger partial charge on any atom is 0.316 e. The van der Waals surface area contributed by atoms with Crippen LogP contribution in [0.15, 0.2) is 0 Å². The number of hydrogen-bond donors (Lipinski definition) is 0. The van der Waals surface area contributed by atoms with Crippen LogP contribution in [0.2, 0.25) is 0 Å². The average molecular weight is 324 g/mol. The third-order valence-electron chi connectivity index (χ3n) is 6.21. The number of rotatable bonds is 1. The highest BCUT2D eigenvalue weighted by Gasteiger charge is 2.68. The fraction of sp³-hybridized carbons (Fsp3) is 0.889. The van der Waals surface area contributed by atoms with E-state index in [2.05, 4.69) is 20.8 Å². The van der Waals surface area contributed by atoms with Gasteiger partial charge in [-0.05, 0) is 43.4 Å². The summed E-state index contributed by atoms with van der Waals surface area (Å²) in [6.45, 7) is 10.1. The summed E-state index contributed by atoms with van der Waals surface area (Å²) in [7, 11) is 1.35. The second kappa shape index (κ2) is 5.03. The Morgan fingerprint density at radius 3 is 2.39 bits per heavy atom. The van der Waals surface area contributed by atoms with Crippen molar-refractivity contribution in [2.45, 2.75) is 71.9 Å². The number of fused-ring (bicyclic) bond motifs is 3. The molecule has 3 rings (SSSR count). The van der Waals surface area contributed by atoms with Gasteiger partial charge in [0.2, 0.25) is 0 Å². The molecule has 0 bridgehead atoms. The highest BCUT2D eigenvalue weighted by Crippen LogP contribution is 2.62. The molecule has 23 heavy (non-hydrogen) atoms. The molecule has 5 atom stereocenters. The SMILES string of the molecule is COC(=O)[C@H]1C(=O)[C@@H]2OC(C)(C)O[C@@H]2[C@H]2C(C)(C)CCC[C@]12C. The third kappa shape index (κ3) is 2.35. The Morgan fingerprint density at radius 2 is 1.78 bits per heavy atom. The van der Waals surface area contributed by atoms with Crippen LogP contribution in [0.4, 0.5) is 0 Å². The molecule has 3 aliphatic rings. The summed E-state index contributed by atoms with van der Waals surface area (Å²) in [6, 6.07) is 0. The Hall–Kier alpha value is -0.940. The first kappa shape index (κ1) is 16.9. The molecule has 5 nitrogen and oxygen atoms in total. The van der Waals surface area contributed by atoms with E-state index in [4.69, 9.17) is 14.2 Å². The Morgan fingerprint density at radius 1 is 1.13 bits per heavy atom. The molecule has 0 aromatic heterocycles. The lowest BCUT2D eigenvalue weighted by atomic mass is 9.47. The van der Waals surface area contributed by atoms with E-state index in [-0.39, 0.29) is 23.2 Å². The summed E-state index contributed by atoms with van der Waals surface area (Å²) in [4.78, 5) is 25.5. The summed E-state index contributed by atoms with van der Waals surface area (Å²) in [6.07, 6.45) is 1.92. The number of hydrogen-bond acceptors (Lipinski definition) is 5. The van der Waals surface area contributed by atoms with E-state index in [1.54, 1.807) is 0 Å². The van der Waals surface area contributed by atoms with E-state index in [0.29, 0.717) is 0 Å². The first-order chi connectivity index (χ1) is 10.5. The lowest BCUT2D eigenvalue weighted by molar-refractivity contribution is -0.186. The standard InChI is InChI=1S/C18H28O5/c1-16(2)8-7-9-18(5)10(15(20)21-6)11(19)12-13(14(16)18)23-17(3,4)22-12/h10,12-14H,7-9H2,1-6H3/t10-,12+,13+,14+,18-/m1/s1. The van der Waals surface area contributed by atoms with Crippen LogP contribution in [-0.4, -0.2) is 36.9 Å². The zero-order valence-corrected chi connectivity index (χ0v) is 15.0. The monoisotopic (exact) mass is 324 g/mol. The van der Waals surface area contributed by atoms with E-state index < -0.39 is 29.2 Å². The van der Waals surface area contributed by atoms with Crippen molar-refractivity contribution in [1.82, 2.24) is 0 Å².